The topological polar surface area (TPSA) is 68.3 Å². The van der Waals surface area contributed by atoms with E-state index in [-0.39, 0.29) is 18.6 Å². The number of nitrogens with one attached hydrogen (secondary N) is 1. The number of para-hydroxylation sites is 1. The third kappa shape index (κ3) is 4.87. The molecular formula is C24H23BrN2O3. The van der Waals surface area contributed by atoms with Crippen molar-refractivity contribution >= 4 is 38.7 Å². The maximum Gasteiger partial charge on any atom is 0.339 e. The number of pyridine rings is 1. The first-order chi connectivity index (χ1) is 14.6. The van der Waals surface area contributed by atoms with Gasteiger partial charge in [-0.15, -0.1) is 0 Å². The molecular weight excluding hydrogens is 444 g/mol. The lowest BCUT2D eigenvalue weighted by Gasteiger charge is -2.22. The van der Waals surface area contributed by atoms with Crippen molar-refractivity contribution in [1.29, 1.82) is 0 Å². The highest BCUT2D eigenvalue weighted by molar-refractivity contribution is 9.10. The van der Waals surface area contributed by atoms with Crippen LogP contribution in [0.15, 0.2) is 59.1 Å². The number of hydrogen-bond acceptors (Lipinski definition) is 4. The summed E-state index contributed by atoms with van der Waals surface area (Å²) in [4.78, 5) is 29.8. The normalized spacial score (nSPS) is 14.4. The zero-order chi connectivity index (χ0) is 20.9. The van der Waals surface area contributed by atoms with Crippen LogP contribution in [-0.4, -0.2) is 29.5 Å². The molecule has 0 aliphatic heterocycles. The Hall–Kier alpha value is -2.73. The Bertz CT molecular complexity index is 1080. The summed E-state index contributed by atoms with van der Waals surface area (Å²) in [5.74, 6) is -0.774. The van der Waals surface area contributed by atoms with E-state index in [9.17, 15) is 9.59 Å². The predicted octanol–water partition coefficient (Wildman–Crippen LogP) is 5.27. The molecule has 5 nitrogen and oxygen atoms in total. The van der Waals surface area contributed by atoms with Crippen LogP contribution in [-0.2, 0) is 9.53 Å². The lowest BCUT2D eigenvalue weighted by atomic mass is 9.95. The SMILES string of the molecule is O=C(COC(=O)c1cc(-c2cccc(Br)c2)nc2ccccc12)NC1CCCCC1. The van der Waals surface area contributed by atoms with Crippen molar-refractivity contribution in [2.24, 2.45) is 0 Å². The molecule has 4 rings (SSSR count). The van der Waals surface area contributed by atoms with Crippen molar-refractivity contribution in [3.8, 4) is 11.3 Å². The van der Waals surface area contributed by atoms with Gasteiger partial charge in [0.2, 0.25) is 0 Å². The van der Waals surface area contributed by atoms with Gasteiger partial charge in [-0.1, -0.05) is 65.5 Å². The average Bonchev–Trinajstić information content (AvgIpc) is 2.77. The summed E-state index contributed by atoms with van der Waals surface area (Å²) >= 11 is 3.47. The highest BCUT2D eigenvalue weighted by Crippen LogP contribution is 2.27. The van der Waals surface area contributed by atoms with Crippen LogP contribution < -0.4 is 5.32 Å². The zero-order valence-corrected chi connectivity index (χ0v) is 18.2. The maximum atomic E-state index is 12.9. The molecule has 3 aromatic rings. The first-order valence-corrected chi connectivity index (χ1v) is 11.0. The molecule has 0 spiro atoms. The van der Waals surface area contributed by atoms with Crippen molar-refractivity contribution in [3.05, 3.63) is 64.6 Å². The average molecular weight is 467 g/mol. The summed E-state index contributed by atoms with van der Waals surface area (Å²) < 4.78 is 6.30. The number of fused-ring (bicyclic) bond motifs is 1. The third-order valence-corrected chi connectivity index (χ3v) is 5.85. The first kappa shape index (κ1) is 20.5. The summed E-state index contributed by atoms with van der Waals surface area (Å²) in [6.45, 7) is -0.280. The summed E-state index contributed by atoms with van der Waals surface area (Å²) in [7, 11) is 0. The van der Waals surface area contributed by atoms with E-state index in [0.29, 0.717) is 22.2 Å². The Morgan fingerprint density at radius 2 is 1.83 bits per heavy atom. The second-order valence-electron chi connectivity index (χ2n) is 7.56. The lowest BCUT2D eigenvalue weighted by molar-refractivity contribution is -0.125. The number of esters is 1. The van der Waals surface area contributed by atoms with E-state index in [2.05, 4.69) is 21.2 Å². The van der Waals surface area contributed by atoms with Crippen LogP contribution in [0.1, 0.15) is 42.5 Å². The van der Waals surface area contributed by atoms with E-state index in [0.717, 1.165) is 35.7 Å². The van der Waals surface area contributed by atoms with Gasteiger partial charge in [-0.3, -0.25) is 4.79 Å². The summed E-state index contributed by atoms with van der Waals surface area (Å²) in [6, 6.07) is 17.1. The van der Waals surface area contributed by atoms with Crippen LogP contribution in [0.2, 0.25) is 0 Å². The first-order valence-electron chi connectivity index (χ1n) is 10.2. The molecule has 30 heavy (non-hydrogen) atoms. The van der Waals surface area contributed by atoms with E-state index < -0.39 is 5.97 Å². The molecule has 1 amide bonds. The van der Waals surface area contributed by atoms with Gasteiger partial charge in [0.05, 0.1) is 16.8 Å². The van der Waals surface area contributed by atoms with Crippen LogP contribution >= 0.6 is 15.9 Å². The molecule has 1 aromatic heterocycles. The molecule has 0 bridgehead atoms. The number of benzene rings is 2. The molecule has 1 saturated carbocycles. The number of carbonyl (C=O) groups is 2. The highest BCUT2D eigenvalue weighted by atomic mass is 79.9. The molecule has 154 valence electrons. The second-order valence-corrected chi connectivity index (χ2v) is 8.48. The fourth-order valence-corrected chi connectivity index (χ4v) is 4.26. The van der Waals surface area contributed by atoms with Gasteiger partial charge in [-0.25, -0.2) is 9.78 Å². The number of halogens is 1. The Labute approximate surface area is 184 Å². The van der Waals surface area contributed by atoms with Crippen molar-refractivity contribution in [2.75, 3.05) is 6.61 Å². The van der Waals surface area contributed by atoms with Crippen LogP contribution in [0.3, 0.4) is 0 Å². The highest BCUT2D eigenvalue weighted by Gasteiger charge is 2.19. The van der Waals surface area contributed by atoms with Gasteiger partial charge in [0.15, 0.2) is 6.61 Å². The predicted molar refractivity (Wildman–Crippen MR) is 120 cm³/mol. The molecule has 1 heterocycles. The van der Waals surface area contributed by atoms with Gasteiger partial charge in [0.25, 0.3) is 5.91 Å². The fourth-order valence-electron chi connectivity index (χ4n) is 3.87. The largest absolute Gasteiger partial charge is 0.452 e. The molecule has 0 unspecified atom stereocenters. The van der Waals surface area contributed by atoms with Crippen LogP contribution in [0.4, 0.5) is 0 Å². The van der Waals surface area contributed by atoms with Crippen molar-refractivity contribution in [3.63, 3.8) is 0 Å². The molecule has 0 atom stereocenters. The Kier molecular flexibility index (Phi) is 6.43. The Morgan fingerprint density at radius 1 is 1.03 bits per heavy atom. The van der Waals surface area contributed by atoms with Gasteiger partial charge < -0.3 is 10.1 Å². The minimum atomic E-state index is -0.524. The molecule has 0 radical (unpaired) electrons. The minimum Gasteiger partial charge on any atom is -0.452 e. The molecule has 1 aliphatic rings. The molecule has 6 heteroatoms. The maximum absolute atomic E-state index is 12.9. The van der Waals surface area contributed by atoms with Crippen molar-refractivity contribution in [1.82, 2.24) is 10.3 Å². The van der Waals surface area contributed by atoms with Gasteiger partial charge >= 0.3 is 5.97 Å². The van der Waals surface area contributed by atoms with E-state index >= 15 is 0 Å². The van der Waals surface area contributed by atoms with Gasteiger partial charge in [-0.05, 0) is 37.1 Å². The third-order valence-electron chi connectivity index (χ3n) is 5.36. The Balaban J connectivity index is 1.54. The van der Waals surface area contributed by atoms with Crippen LogP contribution in [0, 0.1) is 0 Å². The van der Waals surface area contributed by atoms with Crippen molar-refractivity contribution < 1.29 is 14.3 Å². The van der Waals surface area contributed by atoms with Gasteiger partial charge in [0, 0.05) is 21.5 Å². The van der Waals surface area contributed by atoms with E-state index in [4.69, 9.17) is 9.72 Å². The molecule has 0 saturated heterocycles. The minimum absolute atomic E-state index is 0.190. The number of hydrogen-bond donors (Lipinski definition) is 1. The van der Waals surface area contributed by atoms with Gasteiger partial charge in [0.1, 0.15) is 0 Å². The smallest absolute Gasteiger partial charge is 0.339 e. The second kappa shape index (κ2) is 9.39. The quantitative estimate of drug-likeness (QED) is 0.520. The molecule has 1 aliphatic carbocycles. The van der Waals surface area contributed by atoms with Crippen molar-refractivity contribution in [2.45, 2.75) is 38.1 Å². The zero-order valence-electron chi connectivity index (χ0n) is 16.6. The van der Waals surface area contributed by atoms with Crippen LogP contribution in [0.25, 0.3) is 22.2 Å². The lowest BCUT2D eigenvalue weighted by Crippen LogP contribution is -2.38. The number of rotatable bonds is 5. The standard InChI is InChI=1S/C24H23BrN2O3/c25-17-8-6-7-16(13-17)22-14-20(19-11-4-5-12-21(19)27-22)24(29)30-15-23(28)26-18-9-2-1-3-10-18/h4-8,11-14,18H,1-3,9-10,15H2,(H,26,28). The van der Waals surface area contributed by atoms with E-state index in [1.807, 2.05) is 48.5 Å². The monoisotopic (exact) mass is 466 g/mol. The molecule has 1 fully saturated rings. The number of aromatic nitrogens is 1. The number of amides is 1. The number of carbonyl (C=O) groups excluding carboxylic acids is 2. The summed E-state index contributed by atoms with van der Waals surface area (Å²) in [5, 5.41) is 3.68. The molecule has 2 aromatic carbocycles. The van der Waals surface area contributed by atoms with Gasteiger partial charge in [-0.2, -0.15) is 0 Å². The van der Waals surface area contributed by atoms with Crippen LogP contribution in [0.5, 0.6) is 0 Å². The van der Waals surface area contributed by atoms with E-state index in [1.165, 1.54) is 6.42 Å². The Morgan fingerprint density at radius 3 is 2.63 bits per heavy atom. The number of ether oxygens (including phenoxy) is 1. The van der Waals surface area contributed by atoms with E-state index in [1.54, 1.807) is 6.07 Å². The fraction of sp³-hybridized carbons (Fsp3) is 0.292. The molecule has 1 N–H and O–H groups in total. The summed E-state index contributed by atoms with van der Waals surface area (Å²) in [5.41, 5.74) is 2.67. The summed E-state index contributed by atoms with van der Waals surface area (Å²) in [6.07, 6.45) is 5.46. The number of nitrogens with zero attached hydrogens (tertiary/aromatic N) is 1.